The maximum atomic E-state index is 12.9. The molecule has 1 aromatic heterocycles. The summed E-state index contributed by atoms with van der Waals surface area (Å²) in [5, 5.41) is 13.0. The number of rotatable bonds is 8. The van der Waals surface area contributed by atoms with Gasteiger partial charge in [0.25, 0.3) is 11.7 Å². The Morgan fingerprint density at radius 3 is 2.50 bits per heavy atom. The largest absolute Gasteiger partial charge is 0.507 e. The highest BCUT2D eigenvalue weighted by atomic mass is 32.1. The highest BCUT2D eigenvalue weighted by molar-refractivity contribution is 7.10. The highest BCUT2D eigenvalue weighted by Gasteiger charge is 2.46. The van der Waals surface area contributed by atoms with Crippen molar-refractivity contribution in [2.24, 2.45) is 0 Å². The van der Waals surface area contributed by atoms with Crippen molar-refractivity contribution in [2.45, 2.75) is 12.5 Å². The van der Waals surface area contributed by atoms with Crippen LogP contribution in [0.3, 0.4) is 0 Å². The third kappa shape index (κ3) is 4.20. The molecule has 0 spiro atoms. The van der Waals surface area contributed by atoms with E-state index in [-0.39, 0.29) is 11.3 Å². The van der Waals surface area contributed by atoms with E-state index in [1.54, 1.807) is 23.1 Å². The molecule has 0 aliphatic carbocycles. The number of hydrogen-bond acceptors (Lipinski definition) is 7. The Hall–Kier alpha value is -2.84. The van der Waals surface area contributed by atoms with Crippen LogP contribution in [-0.4, -0.2) is 68.0 Å². The lowest BCUT2D eigenvalue weighted by atomic mass is 9.99. The number of carbonyl (C=O) groups is 2. The molecule has 7 nitrogen and oxygen atoms in total. The van der Waals surface area contributed by atoms with E-state index < -0.39 is 17.7 Å². The minimum Gasteiger partial charge on any atom is -0.507 e. The number of amides is 1. The normalized spacial score (nSPS) is 18.3. The molecule has 1 aliphatic heterocycles. The second-order valence-electron chi connectivity index (χ2n) is 7.23. The van der Waals surface area contributed by atoms with Crippen molar-refractivity contribution in [3.63, 3.8) is 0 Å². The first-order chi connectivity index (χ1) is 14.4. The van der Waals surface area contributed by atoms with Crippen LogP contribution < -0.4 is 9.47 Å². The van der Waals surface area contributed by atoms with Gasteiger partial charge in [0.1, 0.15) is 5.76 Å². The molecular weight excluding hydrogens is 404 g/mol. The molecule has 0 radical (unpaired) electrons. The summed E-state index contributed by atoms with van der Waals surface area (Å²) in [4.78, 5) is 30.2. The van der Waals surface area contributed by atoms with Crippen LogP contribution in [0.2, 0.25) is 0 Å². The van der Waals surface area contributed by atoms with E-state index in [1.807, 2.05) is 36.5 Å². The van der Waals surface area contributed by atoms with Crippen molar-refractivity contribution in [1.82, 2.24) is 9.80 Å². The maximum absolute atomic E-state index is 12.9. The molecule has 1 N–H and O–H groups in total. The summed E-state index contributed by atoms with van der Waals surface area (Å²) in [6, 6.07) is 8.03. The number of thiophene rings is 1. The summed E-state index contributed by atoms with van der Waals surface area (Å²) in [6.07, 6.45) is 0.721. The third-order valence-corrected chi connectivity index (χ3v) is 5.94. The molecule has 1 saturated heterocycles. The average molecular weight is 431 g/mol. The summed E-state index contributed by atoms with van der Waals surface area (Å²) in [7, 11) is 6.94. The Morgan fingerprint density at radius 2 is 1.90 bits per heavy atom. The lowest BCUT2D eigenvalue weighted by molar-refractivity contribution is -0.139. The Balaban J connectivity index is 2.06. The van der Waals surface area contributed by atoms with Crippen molar-refractivity contribution >= 4 is 28.8 Å². The molecule has 1 aliphatic rings. The number of carbonyl (C=O) groups excluding carboxylic acids is 2. The van der Waals surface area contributed by atoms with Crippen molar-refractivity contribution in [3.05, 3.63) is 51.7 Å². The van der Waals surface area contributed by atoms with Crippen molar-refractivity contribution < 1.29 is 24.2 Å². The van der Waals surface area contributed by atoms with Crippen LogP contribution in [0.15, 0.2) is 41.3 Å². The molecular formula is C22H26N2O5S. The Bertz CT molecular complexity index is 952. The first-order valence-corrected chi connectivity index (χ1v) is 10.5. The number of nitrogens with zero attached hydrogens (tertiary/aromatic N) is 2. The minimum absolute atomic E-state index is 0.0968. The monoisotopic (exact) mass is 430 g/mol. The SMILES string of the molecule is COc1ccc(C(O)=C2C(=O)C(=O)N(CCCN(C)C)[C@H]2c2cccs2)cc1OC. The van der Waals surface area contributed by atoms with E-state index in [2.05, 4.69) is 0 Å². The fourth-order valence-electron chi connectivity index (χ4n) is 3.55. The number of methoxy groups -OCH3 is 2. The van der Waals surface area contributed by atoms with Crippen LogP contribution >= 0.6 is 11.3 Å². The number of likely N-dealkylation sites (tertiary alicyclic amines) is 1. The van der Waals surface area contributed by atoms with Crippen LogP contribution in [0.25, 0.3) is 5.76 Å². The van der Waals surface area contributed by atoms with Crippen molar-refractivity contribution in [3.8, 4) is 11.5 Å². The zero-order chi connectivity index (χ0) is 21.8. The van der Waals surface area contributed by atoms with Crippen molar-refractivity contribution in [1.29, 1.82) is 0 Å². The predicted molar refractivity (Wildman–Crippen MR) is 116 cm³/mol. The minimum atomic E-state index is -0.675. The number of aliphatic hydroxyl groups is 1. The lowest BCUT2D eigenvalue weighted by Gasteiger charge is -2.24. The van der Waals surface area contributed by atoms with Crippen LogP contribution in [0.1, 0.15) is 22.9 Å². The summed E-state index contributed by atoms with van der Waals surface area (Å²) >= 11 is 1.45. The standard InChI is InChI=1S/C22H26N2O5S/c1-23(2)10-6-11-24-19(17-7-5-12-30-17)18(21(26)22(24)27)20(25)14-8-9-15(28-3)16(13-14)29-4/h5,7-9,12-13,19,25H,6,10-11H2,1-4H3/t19-/m0/s1. The molecule has 0 unspecified atom stereocenters. The number of ether oxygens (including phenoxy) is 2. The molecule has 2 aromatic rings. The third-order valence-electron chi connectivity index (χ3n) is 5.01. The number of Topliss-reactive ketones (excluding diaryl/α,β-unsaturated/α-hetero) is 1. The van der Waals surface area contributed by atoms with Gasteiger partial charge in [-0.05, 0) is 56.7 Å². The summed E-state index contributed by atoms with van der Waals surface area (Å²) in [6.45, 7) is 1.21. The Kier molecular flexibility index (Phi) is 6.79. The second kappa shape index (κ2) is 9.32. The zero-order valence-corrected chi connectivity index (χ0v) is 18.4. The van der Waals surface area contributed by atoms with Gasteiger partial charge in [0.05, 0.1) is 25.8 Å². The smallest absolute Gasteiger partial charge is 0.295 e. The lowest BCUT2D eigenvalue weighted by Crippen LogP contribution is -2.32. The number of benzene rings is 1. The van der Waals surface area contributed by atoms with E-state index in [1.165, 1.54) is 25.6 Å². The summed E-state index contributed by atoms with van der Waals surface area (Å²) in [5.41, 5.74) is 0.486. The topological polar surface area (TPSA) is 79.3 Å². The molecule has 0 saturated carbocycles. The Morgan fingerprint density at radius 1 is 1.17 bits per heavy atom. The van der Waals surface area contributed by atoms with Gasteiger partial charge in [-0.25, -0.2) is 0 Å². The molecule has 1 atom stereocenters. The highest BCUT2D eigenvalue weighted by Crippen LogP contribution is 2.42. The van der Waals surface area contributed by atoms with Crippen LogP contribution in [0.5, 0.6) is 11.5 Å². The van der Waals surface area contributed by atoms with Crippen LogP contribution in [0, 0.1) is 0 Å². The number of hydrogen-bond donors (Lipinski definition) is 1. The van der Waals surface area contributed by atoms with E-state index in [4.69, 9.17) is 9.47 Å². The number of ketones is 1. The molecule has 2 heterocycles. The predicted octanol–water partition coefficient (Wildman–Crippen LogP) is 3.14. The van der Waals surface area contributed by atoms with Gasteiger partial charge in [-0.15, -0.1) is 11.3 Å². The first kappa shape index (κ1) is 21.9. The van der Waals surface area contributed by atoms with Crippen LogP contribution in [0.4, 0.5) is 0 Å². The van der Waals surface area contributed by atoms with Gasteiger partial charge in [0.15, 0.2) is 11.5 Å². The van der Waals surface area contributed by atoms with Gasteiger partial charge >= 0.3 is 0 Å². The zero-order valence-electron chi connectivity index (χ0n) is 17.5. The number of aliphatic hydroxyl groups excluding tert-OH is 1. The van der Waals surface area contributed by atoms with Gasteiger partial charge in [-0.1, -0.05) is 6.07 Å². The average Bonchev–Trinajstić information content (AvgIpc) is 3.35. The Labute approximate surface area is 180 Å². The fraction of sp³-hybridized carbons (Fsp3) is 0.364. The molecule has 30 heavy (non-hydrogen) atoms. The van der Waals surface area contributed by atoms with Gasteiger partial charge in [0.2, 0.25) is 0 Å². The van der Waals surface area contributed by atoms with E-state index in [0.717, 1.165) is 17.8 Å². The molecule has 1 aromatic carbocycles. The molecule has 3 rings (SSSR count). The molecule has 8 heteroatoms. The first-order valence-electron chi connectivity index (χ1n) is 9.58. The van der Waals surface area contributed by atoms with Gasteiger partial charge in [0, 0.05) is 17.0 Å². The molecule has 1 fully saturated rings. The quantitative estimate of drug-likeness (QED) is 0.394. The fourth-order valence-corrected chi connectivity index (χ4v) is 4.39. The van der Waals surface area contributed by atoms with Crippen LogP contribution in [-0.2, 0) is 9.59 Å². The maximum Gasteiger partial charge on any atom is 0.295 e. The van der Waals surface area contributed by atoms with Gasteiger partial charge in [-0.2, -0.15) is 0 Å². The second-order valence-corrected chi connectivity index (χ2v) is 8.21. The van der Waals surface area contributed by atoms with E-state index in [9.17, 15) is 14.7 Å². The summed E-state index contributed by atoms with van der Waals surface area (Å²) < 4.78 is 10.6. The van der Waals surface area contributed by atoms with Crippen molar-refractivity contribution in [2.75, 3.05) is 41.4 Å². The van der Waals surface area contributed by atoms with Gasteiger partial charge in [-0.3, -0.25) is 9.59 Å². The molecule has 0 bridgehead atoms. The van der Waals surface area contributed by atoms with E-state index in [0.29, 0.717) is 23.6 Å². The molecule has 1 amide bonds. The molecule has 160 valence electrons. The van der Waals surface area contributed by atoms with E-state index >= 15 is 0 Å². The van der Waals surface area contributed by atoms with Gasteiger partial charge < -0.3 is 24.4 Å². The summed E-state index contributed by atoms with van der Waals surface area (Å²) in [5.74, 6) is -0.551.